The molecule has 0 aromatic carbocycles. The third-order valence-electron chi connectivity index (χ3n) is 1.56. The molecule has 0 fully saturated rings. The summed E-state index contributed by atoms with van der Waals surface area (Å²) in [6, 6.07) is 0. The van der Waals surface area contributed by atoms with Crippen molar-refractivity contribution in [3.8, 4) is 0 Å². The Labute approximate surface area is 78.5 Å². The first-order valence-corrected chi connectivity index (χ1v) is 4.77. The summed E-state index contributed by atoms with van der Waals surface area (Å²) < 4.78 is 29.0. The number of hydrogen-bond acceptors (Lipinski definition) is 1. The molecule has 0 heterocycles. The van der Waals surface area contributed by atoms with Gasteiger partial charge in [0.2, 0.25) is 0 Å². The maximum Gasteiger partial charge on any atom is 0.379 e. The van der Waals surface area contributed by atoms with Gasteiger partial charge in [-0.1, -0.05) is 39.0 Å². The van der Waals surface area contributed by atoms with Gasteiger partial charge in [0.05, 0.1) is 0 Å². The van der Waals surface area contributed by atoms with Gasteiger partial charge < -0.3 is 5.73 Å². The van der Waals surface area contributed by atoms with Crippen molar-refractivity contribution >= 4 is 0 Å². The van der Waals surface area contributed by atoms with Crippen molar-refractivity contribution < 1.29 is 13.2 Å². The van der Waals surface area contributed by atoms with Crippen molar-refractivity contribution in [3.05, 3.63) is 0 Å². The zero-order chi connectivity index (χ0) is 10.5. The van der Waals surface area contributed by atoms with E-state index >= 15 is 0 Å². The Balaban J connectivity index is 0. The third kappa shape index (κ3) is 33.8. The van der Waals surface area contributed by atoms with Gasteiger partial charge in [0.25, 0.3) is 0 Å². The fraction of sp³-hybridized carbons (Fsp3) is 1.00. The lowest BCUT2D eigenvalue weighted by molar-refractivity contribution is 0.00819. The van der Waals surface area contributed by atoms with Gasteiger partial charge in [-0.15, -0.1) is 0 Å². The maximum atomic E-state index is 9.67. The number of alkyl halides is 3. The highest BCUT2D eigenvalue weighted by Crippen LogP contribution is 2.03. The lowest BCUT2D eigenvalue weighted by Crippen LogP contribution is -1.97. The van der Waals surface area contributed by atoms with Crippen LogP contribution in [0, 0.1) is 0 Å². The van der Waals surface area contributed by atoms with Gasteiger partial charge in [0.1, 0.15) is 0 Å². The second-order valence-electron chi connectivity index (χ2n) is 2.80. The minimum atomic E-state index is -3.67. The number of rotatable bonds is 6. The Morgan fingerprint density at radius 1 is 0.923 bits per heavy atom. The summed E-state index contributed by atoms with van der Waals surface area (Å²) in [7, 11) is 0. The van der Waals surface area contributed by atoms with E-state index in [1.165, 1.54) is 38.5 Å². The number of unbranched alkanes of at least 4 members (excludes halogenated alkanes) is 5. The molecule has 0 unspecified atom stereocenters. The molecule has 2 N–H and O–H groups in total. The highest BCUT2D eigenvalue weighted by molar-refractivity contribution is 4.43. The number of halogens is 3. The normalized spacial score (nSPS) is 9.69. The number of nitrogens with two attached hydrogens (primary N) is 1. The Morgan fingerprint density at radius 2 is 1.31 bits per heavy atom. The molecule has 13 heavy (non-hydrogen) atoms. The minimum absolute atomic E-state index is 0.867. The maximum absolute atomic E-state index is 9.67. The fourth-order valence-corrected chi connectivity index (χ4v) is 0.925. The molecular weight excluding hydrogens is 179 g/mol. The van der Waals surface area contributed by atoms with Gasteiger partial charge in [-0.05, 0) is 13.0 Å². The standard InChI is InChI=1S/C8H19N.CHF3/c1-2-3-4-5-6-7-8-9;2-1(3)4/h2-9H2,1H3;1H. The average Bonchev–Trinajstić information content (AvgIpc) is 2.03. The monoisotopic (exact) mass is 199 g/mol. The van der Waals surface area contributed by atoms with Crippen LogP contribution in [-0.4, -0.2) is 13.2 Å². The predicted molar refractivity (Wildman–Crippen MR) is 49.5 cm³/mol. The van der Waals surface area contributed by atoms with E-state index in [4.69, 9.17) is 5.73 Å². The van der Waals surface area contributed by atoms with Crippen LogP contribution in [0.1, 0.15) is 45.4 Å². The average molecular weight is 199 g/mol. The van der Waals surface area contributed by atoms with E-state index < -0.39 is 6.68 Å². The molecular formula is C9H20F3N. The van der Waals surface area contributed by atoms with E-state index in [0.717, 1.165) is 6.54 Å². The largest absolute Gasteiger partial charge is 0.379 e. The first-order chi connectivity index (χ1) is 6.15. The van der Waals surface area contributed by atoms with Crippen LogP contribution in [0.2, 0.25) is 0 Å². The van der Waals surface area contributed by atoms with Crippen LogP contribution in [0.25, 0.3) is 0 Å². The molecule has 0 aromatic heterocycles. The Morgan fingerprint density at radius 3 is 1.69 bits per heavy atom. The second-order valence-corrected chi connectivity index (χ2v) is 2.80. The summed E-state index contributed by atoms with van der Waals surface area (Å²) in [5.41, 5.74) is 5.34. The van der Waals surface area contributed by atoms with Crippen LogP contribution in [0.4, 0.5) is 13.2 Å². The topological polar surface area (TPSA) is 26.0 Å². The molecule has 82 valence electrons. The second kappa shape index (κ2) is 14.3. The van der Waals surface area contributed by atoms with Crippen LogP contribution in [-0.2, 0) is 0 Å². The fourth-order valence-electron chi connectivity index (χ4n) is 0.925. The summed E-state index contributed by atoms with van der Waals surface area (Å²) >= 11 is 0. The predicted octanol–water partition coefficient (Wildman–Crippen LogP) is 3.48. The molecule has 0 spiro atoms. The summed E-state index contributed by atoms with van der Waals surface area (Å²) in [5.74, 6) is 0. The van der Waals surface area contributed by atoms with Crippen molar-refractivity contribution in [2.24, 2.45) is 5.73 Å². The van der Waals surface area contributed by atoms with E-state index in [0.29, 0.717) is 0 Å². The molecule has 0 bridgehead atoms. The quantitative estimate of drug-likeness (QED) is 0.651. The van der Waals surface area contributed by atoms with E-state index in [-0.39, 0.29) is 0 Å². The Hall–Kier alpha value is -0.250. The summed E-state index contributed by atoms with van der Waals surface area (Å²) in [4.78, 5) is 0. The molecule has 0 aliphatic rings. The Kier molecular flexibility index (Phi) is 16.7. The van der Waals surface area contributed by atoms with Crippen molar-refractivity contribution in [1.29, 1.82) is 0 Å². The van der Waals surface area contributed by atoms with Crippen LogP contribution in [0.15, 0.2) is 0 Å². The van der Waals surface area contributed by atoms with Gasteiger partial charge in [-0.2, -0.15) is 13.2 Å². The summed E-state index contributed by atoms with van der Waals surface area (Å²) in [6.07, 6.45) is 8.05. The van der Waals surface area contributed by atoms with Gasteiger partial charge in [0, 0.05) is 0 Å². The van der Waals surface area contributed by atoms with Crippen LogP contribution in [0.5, 0.6) is 0 Å². The SMILES string of the molecule is CCCCCCCCN.FC(F)F. The highest BCUT2D eigenvalue weighted by Gasteiger charge is 1.86. The molecule has 0 aromatic rings. The van der Waals surface area contributed by atoms with Crippen LogP contribution < -0.4 is 5.73 Å². The first-order valence-electron chi connectivity index (χ1n) is 4.77. The van der Waals surface area contributed by atoms with Crippen LogP contribution >= 0.6 is 0 Å². The molecule has 4 heteroatoms. The van der Waals surface area contributed by atoms with Crippen molar-refractivity contribution in [1.82, 2.24) is 0 Å². The van der Waals surface area contributed by atoms with E-state index in [2.05, 4.69) is 6.92 Å². The first kappa shape index (κ1) is 15.2. The molecule has 0 rings (SSSR count). The molecule has 0 saturated carbocycles. The van der Waals surface area contributed by atoms with E-state index in [1.807, 2.05) is 0 Å². The van der Waals surface area contributed by atoms with Gasteiger partial charge in [-0.25, -0.2) is 0 Å². The Bertz CT molecular complexity index is 70.5. The lowest BCUT2D eigenvalue weighted by Gasteiger charge is -1.96. The smallest absolute Gasteiger partial charge is 0.330 e. The zero-order valence-corrected chi connectivity index (χ0v) is 8.24. The number of hydrogen-bond donors (Lipinski definition) is 1. The summed E-state index contributed by atoms with van der Waals surface area (Å²) in [6.45, 7) is -0.560. The van der Waals surface area contributed by atoms with Gasteiger partial charge in [0.15, 0.2) is 0 Å². The third-order valence-corrected chi connectivity index (χ3v) is 1.56. The molecule has 0 radical (unpaired) electrons. The molecule has 0 atom stereocenters. The van der Waals surface area contributed by atoms with E-state index in [1.54, 1.807) is 0 Å². The molecule has 1 nitrogen and oxygen atoms in total. The van der Waals surface area contributed by atoms with Crippen molar-refractivity contribution in [3.63, 3.8) is 0 Å². The minimum Gasteiger partial charge on any atom is -0.330 e. The molecule has 0 amide bonds. The molecule has 0 aliphatic heterocycles. The van der Waals surface area contributed by atoms with Gasteiger partial charge in [-0.3, -0.25) is 0 Å². The highest BCUT2D eigenvalue weighted by atomic mass is 19.4. The van der Waals surface area contributed by atoms with Crippen molar-refractivity contribution in [2.75, 3.05) is 6.54 Å². The molecule has 0 saturated heterocycles. The summed E-state index contributed by atoms with van der Waals surface area (Å²) in [5, 5.41) is 0. The van der Waals surface area contributed by atoms with Crippen molar-refractivity contribution in [2.45, 2.75) is 52.1 Å². The lowest BCUT2D eigenvalue weighted by atomic mass is 10.1. The van der Waals surface area contributed by atoms with Gasteiger partial charge >= 0.3 is 6.68 Å². The molecule has 0 aliphatic carbocycles. The van der Waals surface area contributed by atoms with Crippen LogP contribution in [0.3, 0.4) is 0 Å². The van der Waals surface area contributed by atoms with E-state index in [9.17, 15) is 13.2 Å². The zero-order valence-electron chi connectivity index (χ0n) is 8.24.